The number of nitrogens with two attached hydrogens (primary N) is 1. The molecule has 16 heavy (non-hydrogen) atoms. The smallest absolute Gasteiger partial charge is 0.0388 e. The molecular weight excluding hydrogens is 216 g/mol. The minimum Gasteiger partial charge on any atom is -0.328 e. The maximum absolute atomic E-state index is 6.01. The number of nitrogens with one attached hydrogen (secondary N) is 1. The molecule has 1 fully saturated rings. The van der Waals surface area contributed by atoms with Crippen molar-refractivity contribution in [2.75, 3.05) is 0 Å². The molecule has 1 aromatic heterocycles. The van der Waals surface area contributed by atoms with Crippen LogP contribution in [0.4, 0.5) is 0 Å². The van der Waals surface area contributed by atoms with Gasteiger partial charge in [-0.3, -0.25) is 0 Å². The SMILES string of the molecule is Cc1ccc(C(C)NC2CCCC(N)C2)s1. The van der Waals surface area contributed by atoms with E-state index in [1.54, 1.807) is 0 Å². The Labute approximate surface area is 102 Å². The summed E-state index contributed by atoms with van der Waals surface area (Å²) in [5, 5.41) is 3.71. The molecule has 0 aromatic carbocycles. The normalized spacial score (nSPS) is 27.9. The Kier molecular flexibility index (Phi) is 4.00. The van der Waals surface area contributed by atoms with Crippen LogP contribution in [0.15, 0.2) is 12.1 Å². The van der Waals surface area contributed by atoms with E-state index < -0.39 is 0 Å². The van der Waals surface area contributed by atoms with Gasteiger partial charge >= 0.3 is 0 Å². The van der Waals surface area contributed by atoms with Crippen molar-refractivity contribution in [3.63, 3.8) is 0 Å². The van der Waals surface area contributed by atoms with Crippen LogP contribution in [0.5, 0.6) is 0 Å². The third kappa shape index (κ3) is 3.06. The predicted molar refractivity (Wildman–Crippen MR) is 70.8 cm³/mol. The van der Waals surface area contributed by atoms with Crippen molar-refractivity contribution < 1.29 is 0 Å². The van der Waals surface area contributed by atoms with Gasteiger partial charge in [-0.05, 0) is 45.2 Å². The fourth-order valence-corrected chi connectivity index (χ4v) is 3.39. The Hall–Kier alpha value is -0.380. The monoisotopic (exact) mass is 238 g/mol. The summed E-state index contributed by atoms with van der Waals surface area (Å²) in [5.41, 5.74) is 6.01. The van der Waals surface area contributed by atoms with E-state index in [1.807, 2.05) is 11.3 Å². The highest BCUT2D eigenvalue weighted by molar-refractivity contribution is 7.12. The number of aryl methyl sites for hydroxylation is 1. The first-order valence-corrected chi connectivity index (χ1v) is 7.05. The van der Waals surface area contributed by atoms with E-state index in [1.165, 1.54) is 29.0 Å². The van der Waals surface area contributed by atoms with E-state index in [9.17, 15) is 0 Å². The van der Waals surface area contributed by atoms with Gasteiger partial charge in [-0.15, -0.1) is 11.3 Å². The Morgan fingerprint density at radius 1 is 1.44 bits per heavy atom. The molecule has 0 spiro atoms. The molecule has 0 bridgehead atoms. The molecule has 0 aliphatic heterocycles. The molecule has 0 amide bonds. The summed E-state index contributed by atoms with van der Waals surface area (Å²) < 4.78 is 0. The zero-order chi connectivity index (χ0) is 11.5. The Morgan fingerprint density at radius 3 is 2.88 bits per heavy atom. The fourth-order valence-electron chi connectivity index (χ4n) is 2.50. The van der Waals surface area contributed by atoms with Crippen LogP contribution < -0.4 is 11.1 Å². The molecule has 0 saturated heterocycles. The third-order valence-corrected chi connectivity index (χ3v) is 4.57. The highest BCUT2D eigenvalue weighted by Crippen LogP contribution is 2.25. The lowest BCUT2D eigenvalue weighted by molar-refractivity contribution is 0.320. The van der Waals surface area contributed by atoms with Crippen molar-refractivity contribution in [3.8, 4) is 0 Å². The van der Waals surface area contributed by atoms with Crippen LogP contribution in [0.2, 0.25) is 0 Å². The lowest BCUT2D eigenvalue weighted by atomic mass is 9.91. The van der Waals surface area contributed by atoms with Gasteiger partial charge in [0.1, 0.15) is 0 Å². The molecule has 3 unspecified atom stereocenters. The predicted octanol–water partition coefficient (Wildman–Crippen LogP) is 2.98. The number of rotatable bonds is 3. The second kappa shape index (κ2) is 5.30. The first-order valence-electron chi connectivity index (χ1n) is 6.23. The van der Waals surface area contributed by atoms with Crippen LogP contribution in [0.25, 0.3) is 0 Å². The van der Waals surface area contributed by atoms with Gasteiger partial charge in [-0.2, -0.15) is 0 Å². The second-order valence-corrected chi connectivity index (χ2v) is 6.28. The Bertz CT molecular complexity index is 334. The summed E-state index contributed by atoms with van der Waals surface area (Å²) in [5.74, 6) is 0. The first kappa shape index (κ1) is 12.1. The second-order valence-electron chi connectivity index (χ2n) is 4.96. The molecule has 1 aromatic rings. The van der Waals surface area contributed by atoms with E-state index in [0.29, 0.717) is 18.1 Å². The van der Waals surface area contributed by atoms with Crippen LogP contribution >= 0.6 is 11.3 Å². The molecule has 2 nitrogen and oxygen atoms in total. The quantitative estimate of drug-likeness (QED) is 0.849. The minimum atomic E-state index is 0.406. The zero-order valence-electron chi connectivity index (χ0n) is 10.2. The summed E-state index contributed by atoms with van der Waals surface area (Å²) in [7, 11) is 0. The van der Waals surface area contributed by atoms with Crippen molar-refractivity contribution in [1.29, 1.82) is 0 Å². The fraction of sp³-hybridized carbons (Fsp3) is 0.692. The highest BCUT2D eigenvalue weighted by Gasteiger charge is 2.21. The molecule has 3 heteroatoms. The molecule has 0 radical (unpaired) electrons. The minimum absolute atomic E-state index is 0.406. The molecule has 1 aliphatic carbocycles. The van der Waals surface area contributed by atoms with Crippen LogP contribution in [-0.4, -0.2) is 12.1 Å². The van der Waals surface area contributed by atoms with Gasteiger partial charge in [0.05, 0.1) is 0 Å². The van der Waals surface area contributed by atoms with Crippen molar-refractivity contribution in [2.24, 2.45) is 5.73 Å². The van der Waals surface area contributed by atoms with Gasteiger partial charge in [-0.1, -0.05) is 6.42 Å². The van der Waals surface area contributed by atoms with Gasteiger partial charge in [0, 0.05) is 27.9 Å². The number of hydrogen-bond acceptors (Lipinski definition) is 3. The van der Waals surface area contributed by atoms with Gasteiger partial charge in [0.25, 0.3) is 0 Å². The summed E-state index contributed by atoms with van der Waals surface area (Å²) in [6, 6.07) is 5.92. The Morgan fingerprint density at radius 2 is 2.25 bits per heavy atom. The van der Waals surface area contributed by atoms with Crippen LogP contribution in [0.3, 0.4) is 0 Å². The maximum atomic E-state index is 6.01. The summed E-state index contributed by atoms with van der Waals surface area (Å²) >= 11 is 1.89. The van der Waals surface area contributed by atoms with Crippen LogP contribution in [0.1, 0.15) is 48.4 Å². The van der Waals surface area contributed by atoms with Crippen molar-refractivity contribution in [1.82, 2.24) is 5.32 Å². The largest absolute Gasteiger partial charge is 0.328 e. The Balaban J connectivity index is 1.89. The number of thiophene rings is 1. The van der Waals surface area contributed by atoms with E-state index in [0.717, 1.165) is 6.42 Å². The summed E-state index contributed by atoms with van der Waals surface area (Å²) in [6.45, 7) is 4.42. The molecule has 2 rings (SSSR count). The highest BCUT2D eigenvalue weighted by atomic mass is 32.1. The zero-order valence-corrected chi connectivity index (χ0v) is 11.0. The summed E-state index contributed by atoms with van der Waals surface area (Å²) in [4.78, 5) is 2.83. The molecule has 1 saturated carbocycles. The molecule has 3 N–H and O–H groups in total. The lowest BCUT2D eigenvalue weighted by Gasteiger charge is -2.29. The van der Waals surface area contributed by atoms with Gasteiger partial charge in [-0.25, -0.2) is 0 Å². The lowest BCUT2D eigenvalue weighted by Crippen LogP contribution is -2.40. The molecule has 3 atom stereocenters. The van der Waals surface area contributed by atoms with Crippen molar-refractivity contribution >= 4 is 11.3 Å². The molecule has 1 aliphatic rings. The standard InChI is InChI=1S/C13H22N2S/c1-9-6-7-13(16-9)10(2)15-12-5-3-4-11(14)8-12/h6-7,10-12,15H,3-5,8,14H2,1-2H3. The average Bonchev–Trinajstić information content (AvgIpc) is 2.65. The van der Waals surface area contributed by atoms with Gasteiger partial charge in [0.15, 0.2) is 0 Å². The van der Waals surface area contributed by atoms with Gasteiger partial charge in [0.2, 0.25) is 0 Å². The third-order valence-electron chi connectivity index (χ3n) is 3.39. The van der Waals surface area contributed by atoms with Crippen LogP contribution in [0, 0.1) is 6.92 Å². The van der Waals surface area contributed by atoms with E-state index in [2.05, 4.69) is 31.3 Å². The summed E-state index contributed by atoms with van der Waals surface area (Å²) in [6.07, 6.45) is 4.89. The maximum Gasteiger partial charge on any atom is 0.0388 e. The molecule has 1 heterocycles. The van der Waals surface area contributed by atoms with E-state index >= 15 is 0 Å². The van der Waals surface area contributed by atoms with Crippen molar-refractivity contribution in [2.45, 2.75) is 57.7 Å². The van der Waals surface area contributed by atoms with Crippen LogP contribution in [-0.2, 0) is 0 Å². The van der Waals surface area contributed by atoms with E-state index in [4.69, 9.17) is 5.73 Å². The topological polar surface area (TPSA) is 38.0 Å². The molecular formula is C13H22N2S. The van der Waals surface area contributed by atoms with Crippen molar-refractivity contribution in [3.05, 3.63) is 21.9 Å². The number of hydrogen-bond donors (Lipinski definition) is 2. The molecule has 90 valence electrons. The first-order chi connectivity index (χ1) is 7.65. The van der Waals surface area contributed by atoms with E-state index in [-0.39, 0.29) is 0 Å². The average molecular weight is 238 g/mol. The van der Waals surface area contributed by atoms with Gasteiger partial charge < -0.3 is 11.1 Å².